The molecular weight excluding hydrogens is 520 g/mol. The number of H-pyrrole nitrogens is 1. The number of aryl methyl sites for hydroxylation is 1. The summed E-state index contributed by atoms with van der Waals surface area (Å²) in [4.78, 5) is 22.1. The number of carbonyl (C=O) groups excluding carboxylic acids is 1. The number of fused-ring (bicyclic) bond motifs is 4. The fourth-order valence-corrected chi connectivity index (χ4v) is 5.70. The summed E-state index contributed by atoms with van der Waals surface area (Å²) in [6.07, 6.45) is 3.11. The summed E-state index contributed by atoms with van der Waals surface area (Å²) in [6.45, 7) is 0.396. The molecule has 1 atom stereocenters. The summed E-state index contributed by atoms with van der Waals surface area (Å²) >= 11 is 0. The van der Waals surface area contributed by atoms with E-state index in [1.54, 1.807) is 21.3 Å². The van der Waals surface area contributed by atoms with Crippen LogP contribution in [0.5, 0.6) is 17.2 Å². The fraction of sp³-hybridized carbons (Fsp3) is 0.250. The topological polar surface area (TPSA) is 111 Å². The van der Waals surface area contributed by atoms with E-state index >= 15 is 0 Å². The Morgan fingerprint density at radius 1 is 1.00 bits per heavy atom. The first-order valence-electron chi connectivity index (χ1n) is 13.5. The maximum atomic E-state index is 14.0. The summed E-state index contributed by atoms with van der Waals surface area (Å²) in [6, 6.07) is 19.0. The van der Waals surface area contributed by atoms with Crippen molar-refractivity contribution in [2.24, 2.45) is 0 Å². The molecule has 6 rings (SSSR count). The molecule has 1 amide bonds. The monoisotopic (exact) mass is 552 g/mol. The van der Waals surface area contributed by atoms with Crippen LogP contribution in [-0.2, 0) is 19.4 Å². The predicted molar refractivity (Wildman–Crippen MR) is 157 cm³/mol. The second-order valence-electron chi connectivity index (χ2n) is 10.0. The summed E-state index contributed by atoms with van der Waals surface area (Å²) in [5.74, 6) is 2.17. The Hall–Kier alpha value is -4.76. The van der Waals surface area contributed by atoms with E-state index in [9.17, 15) is 9.90 Å². The van der Waals surface area contributed by atoms with Gasteiger partial charge in [-0.05, 0) is 54.3 Å². The van der Waals surface area contributed by atoms with Crippen molar-refractivity contribution in [3.8, 4) is 39.9 Å². The highest BCUT2D eigenvalue weighted by Gasteiger charge is 2.31. The Bertz CT molecular complexity index is 1740. The average Bonchev–Trinajstić information content (AvgIpc) is 3.61. The minimum absolute atomic E-state index is 0.220. The van der Waals surface area contributed by atoms with E-state index in [0.717, 1.165) is 39.6 Å². The van der Waals surface area contributed by atoms with Gasteiger partial charge < -0.3 is 34.2 Å². The van der Waals surface area contributed by atoms with Crippen molar-refractivity contribution in [1.82, 2.24) is 19.9 Å². The molecule has 0 aliphatic carbocycles. The van der Waals surface area contributed by atoms with Gasteiger partial charge in [0.15, 0.2) is 17.2 Å². The van der Waals surface area contributed by atoms with Gasteiger partial charge in [-0.2, -0.15) is 0 Å². The van der Waals surface area contributed by atoms with Gasteiger partial charge >= 0.3 is 0 Å². The lowest BCUT2D eigenvalue weighted by atomic mass is 9.99. The highest BCUT2D eigenvalue weighted by molar-refractivity contribution is 6.00. The number of rotatable bonds is 9. The maximum absolute atomic E-state index is 14.0. The van der Waals surface area contributed by atoms with E-state index in [4.69, 9.17) is 19.2 Å². The van der Waals surface area contributed by atoms with Crippen molar-refractivity contribution in [2.75, 3.05) is 27.9 Å². The van der Waals surface area contributed by atoms with Crippen LogP contribution >= 0.6 is 0 Å². The van der Waals surface area contributed by atoms with Crippen LogP contribution in [-0.4, -0.2) is 59.5 Å². The summed E-state index contributed by atoms with van der Waals surface area (Å²) in [5, 5.41) is 14.4. The quantitative estimate of drug-likeness (QED) is 0.246. The zero-order valence-electron chi connectivity index (χ0n) is 23.2. The van der Waals surface area contributed by atoms with Crippen LogP contribution in [0.2, 0.25) is 0 Å². The van der Waals surface area contributed by atoms with Crippen molar-refractivity contribution in [1.29, 1.82) is 0 Å². The van der Waals surface area contributed by atoms with E-state index < -0.39 is 6.04 Å². The Balaban J connectivity index is 1.43. The van der Waals surface area contributed by atoms with Crippen molar-refractivity contribution in [2.45, 2.75) is 25.4 Å². The minimum atomic E-state index is -0.511. The molecule has 2 aromatic heterocycles. The number of methoxy groups -OCH3 is 3. The fourth-order valence-electron chi connectivity index (χ4n) is 5.70. The van der Waals surface area contributed by atoms with Gasteiger partial charge in [-0.25, -0.2) is 4.98 Å². The van der Waals surface area contributed by atoms with Gasteiger partial charge in [-0.3, -0.25) is 4.79 Å². The van der Waals surface area contributed by atoms with Gasteiger partial charge in [-0.15, -0.1) is 0 Å². The lowest BCUT2D eigenvalue weighted by Gasteiger charge is -2.22. The highest BCUT2D eigenvalue weighted by atomic mass is 16.5. The van der Waals surface area contributed by atoms with Gasteiger partial charge in [-0.1, -0.05) is 30.3 Å². The summed E-state index contributed by atoms with van der Waals surface area (Å²) in [7, 11) is 4.83. The number of nitrogens with one attached hydrogen (secondary N) is 2. The van der Waals surface area contributed by atoms with Crippen LogP contribution < -0.4 is 19.5 Å². The predicted octanol–water partition coefficient (Wildman–Crippen LogP) is 4.61. The number of hydrogen-bond acceptors (Lipinski definition) is 6. The minimum Gasteiger partial charge on any atom is -0.496 e. The first-order chi connectivity index (χ1) is 20.1. The molecule has 3 N–H and O–H groups in total. The number of aromatic amines is 1. The third-order valence-electron chi connectivity index (χ3n) is 7.70. The van der Waals surface area contributed by atoms with Crippen LogP contribution in [0.25, 0.3) is 33.5 Å². The first-order valence-corrected chi connectivity index (χ1v) is 13.5. The number of imidazole rings is 1. The zero-order valence-corrected chi connectivity index (χ0v) is 23.2. The Morgan fingerprint density at radius 2 is 1.73 bits per heavy atom. The molecule has 210 valence electrons. The second kappa shape index (κ2) is 11.0. The zero-order chi connectivity index (χ0) is 28.5. The molecule has 3 aromatic carbocycles. The highest BCUT2D eigenvalue weighted by Crippen LogP contribution is 2.42. The number of nitrogens with zero attached hydrogens (tertiary/aromatic N) is 2. The molecule has 0 saturated heterocycles. The molecular formula is C32H32N4O5. The normalized spacial score (nSPS) is 12.9. The van der Waals surface area contributed by atoms with Crippen LogP contribution in [0, 0.1) is 0 Å². The van der Waals surface area contributed by atoms with Crippen molar-refractivity contribution < 1.29 is 24.1 Å². The van der Waals surface area contributed by atoms with Crippen molar-refractivity contribution in [3.63, 3.8) is 0 Å². The van der Waals surface area contributed by atoms with Crippen LogP contribution in [0.1, 0.15) is 21.6 Å². The van der Waals surface area contributed by atoms with E-state index in [0.29, 0.717) is 41.7 Å². The molecule has 9 heteroatoms. The van der Waals surface area contributed by atoms with Crippen molar-refractivity contribution >= 4 is 16.8 Å². The number of carbonyl (C=O) groups is 1. The molecule has 0 spiro atoms. The van der Waals surface area contributed by atoms with Crippen LogP contribution in [0.3, 0.4) is 0 Å². The Kier molecular flexibility index (Phi) is 7.11. The van der Waals surface area contributed by atoms with Crippen molar-refractivity contribution in [3.05, 3.63) is 83.7 Å². The third-order valence-corrected chi connectivity index (χ3v) is 7.70. The van der Waals surface area contributed by atoms with Gasteiger partial charge in [0.25, 0.3) is 5.91 Å². The number of hydrogen-bond donors (Lipinski definition) is 3. The van der Waals surface area contributed by atoms with E-state index in [1.165, 1.54) is 0 Å². The average molecular weight is 553 g/mol. The van der Waals surface area contributed by atoms with E-state index in [1.807, 2.05) is 66.9 Å². The molecule has 0 unspecified atom stereocenters. The largest absolute Gasteiger partial charge is 0.496 e. The molecule has 0 bridgehead atoms. The molecule has 41 heavy (non-hydrogen) atoms. The van der Waals surface area contributed by atoms with Gasteiger partial charge in [0.2, 0.25) is 0 Å². The van der Waals surface area contributed by atoms with E-state index in [2.05, 4.69) is 14.9 Å². The molecule has 0 saturated carbocycles. The SMILES string of the molecule is COc1cc2c(cc1OC)-c1nc(C(=O)N[C@@H](CO)Cc3c[nH]c4ccccc34)c(-c3ccccc3OC)n1CC2. The van der Waals surface area contributed by atoms with Crippen LogP contribution in [0.15, 0.2) is 66.9 Å². The number of aliphatic hydroxyl groups excluding tert-OH is 1. The molecule has 0 radical (unpaired) electrons. The second-order valence-corrected chi connectivity index (χ2v) is 10.0. The van der Waals surface area contributed by atoms with Gasteiger partial charge in [0, 0.05) is 34.8 Å². The molecule has 1 aliphatic heterocycles. The van der Waals surface area contributed by atoms with E-state index in [-0.39, 0.29) is 18.2 Å². The summed E-state index contributed by atoms with van der Waals surface area (Å²) in [5.41, 5.74) is 5.66. The number of benzene rings is 3. The Labute approximate surface area is 237 Å². The van der Waals surface area contributed by atoms with Gasteiger partial charge in [0.1, 0.15) is 11.6 Å². The molecule has 1 aliphatic rings. The number of aliphatic hydroxyl groups is 1. The Morgan fingerprint density at radius 3 is 2.51 bits per heavy atom. The maximum Gasteiger partial charge on any atom is 0.272 e. The molecule has 0 fully saturated rings. The molecule has 3 heterocycles. The van der Waals surface area contributed by atoms with Gasteiger partial charge in [0.05, 0.1) is 39.7 Å². The lowest BCUT2D eigenvalue weighted by molar-refractivity contribution is 0.0912. The number of aromatic nitrogens is 3. The summed E-state index contributed by atoms with van der Waals surface area (Å²) < 4.78 is 18.9. The third kappa shape index (κ3) is 4.68. The number of para-hydroxylation sites is 2. The number of amides is 1. The lowest BCUT2D eigenvalue weighted by Crippen LogP contribution is -2.39. The molecule has 5 aromatic rings. The van der Waals surface area contributed by atoms with Crippen LogP contribution in [0.4, 0.5) is 0 Å². The number of ether oxygens (including phenoxy) is 3. The standard InChI is InChI=1S/C32H32N4O5/c1-39-26-11-7-5-9-23(26)30-29(32(38)34-21(18-37)14-20-17-33-25-10-6-4-8-22(20)25)35-31-24-16-28(41-3)27(40-2)15-19(24)12-13-36(30)31/h4-11,15-17,21,33,37H,12-14,18H2,1-3H3,(H,34,38)/t21-/m1/s1. The first kappa shape index (κ1) is 26.5. The smallest absolute Gasteiger partial charge is 0.272 e. The molecule has 9 nitrogen and oxygen atoms in total.